The molecule has 1 unspecified atom stereocenters. The van der Waals surface area contributed by atoms with E-state index in [-0.39, 0.29) is 11.3 Å². The average Bonchev–Trinajstić information content (AvgIpc) is 3.07. The number of rotatable bonds is 2. The van der Waals surface area contributed by atoms with Crippen LogP contribution in [0.15, 0.2) is 67.3 Å². The summed E-state index contributed by atoms with van der Waals surface area (Å²) < 4.78 is 80.8. The van der Waals surface area contributed by atoms with E-state index in [1.807, 2.05) is 0 Å². The lowest BCUT2D eigenvalue weighted by molar-refractivity contribution is -0.141. The van der Waals surface area contributed by atoms with Crippen LogP contribution in [-0.4, -0.2) is 14.4 Å². The van der Waals surface area contributed by atoms with Crippen molar-refractivity contribution < 1.29 is 26.3 Å². The second kappa shape index (κ2) is 6.64. The van der Waals surface area contributed by atoms with Crippen LogP contribution in [0.2, 0.25) is 0 Å². The van der Waals surface area contributed by atoms with Crippen molar-refractivity contribution in [3.63, 3.8) is 0 Å². The van der Waals surface area contributed by atoms with Crippen LogP contribution in [0, 0.1) is 0 Å². The standard InChI is InChI=1S/C19H12F6N4/c20-18(21,22)12-4-6-13(7-5-12)28-9-2-1-3-14(28)16-17(19(23,24)25)27-15-11-26-8-10-29(15)16/h1-11,14H. The first-order valence-corrected chi connectivity index (χ1v) is 8.36. The Hall–Kier alpha value is -3.30. The number of nitrogens with zero attached hydrogens (tertiary/aromatic N) is 4. The molecule has 150 valence electrons. The van der Waals surface area contributed by atoms with E-state index in [1.54, 1.807) is 12.2 Å². The van der Waals surface area contributed by atoms with Crippen molar-refractivity contribution in [3.05, 3.63) is 84.2 Å². The lowest BCUT2D eigenvalue weighted by Gasteiger charge is -2.31. The molecule has 3 aromatic rings. The zero-order valence-electron chi connectivity index (χ0n) is 14.5. The third kappa shape index (κ3) is 3.45. The highest BCUT2D eigenvalue weighted by atomic mass is 19.4. The molecule has 0 spiro atoms. The van der Waals surface area contributed by atoms with Gasteiger partial charge in [0.2, 0.25) is 0 Å². The van der Waals surface area contributed by atoms with Crippen LogP contribution in [0.4, 0.5) is 32.0 Å². The summed E-state index contributed by atoms with van der Waals surface area (Å²) in [5.74, 6) is 0. The predicted octanol–water partition coefficient (Wildman–Crippen LogP) is 5.40. The number of imidazole rings is 1. The molecule has 10 heteroatoms. The van der Waals surface area contributed by atoms with E-state index in [2.05, 4.69) is 9.97 Å². The summed E-state index contributed by atoms with van der Waals surface area (Å²) in [5.41, 5.74) is -1.75. The first kappa shape index (κ1) is 19.0. The lowest BCUT2D eigenvalue weighted by Crippen LogP contribution is -2.27. The molecule has 0 amide bonds. The molecule has 1 atom stereocenters. The molecular formula is C19H12F6N4. The molecule has 4 nitrogen and oxygen atoms in total. The van der Waals surface area contributed by atoms with Gasteiger partial charge in [0.05, 0.1) is 23.5 Å². The first-order chi connectivity index (χ1) is 13.7. The Morgan fingerprint density at radius 2 is 1.62 bits per heavy atom. The minimum atomic E-state index is -4.72. The van der Waals surface area contributed by atoms with Crippen LogP contribution < -0.4 is 4.90 Å². The molecule has 29 heavy (non-hydrogen) atoms. The summed E-state index contributed by atoms with van der Waals surface area (Å²) in [6.07, 6.45) is 0.885. The van der Waals surface area contributed by atoms with E-state index < -0.39 is 29.7 Å². The van der Waals surface area contributed by atoms with E-state index in [0.717, 1.165) is 12.1 Å². The van der Waals surface area contributed by atoms with Gasteiger partial charge in [0.15, 0.2) is 11.3 Å². The summed E-state index contributed by atoms with van der Waals surface area (Å²) in [6.45, 7) is 0. The Morgan fingerprint density at radius 1 is 0.897 bits per heavy atom. The predicted molar refractivity (Wildman–Crippen MR) is 92.9 cm³/mol. The van der Waals surface area contributed by atoms with Gasteiger partial charge in [-0.05, 0) is 30.3 Å². The molecule has 2 aromatic heterocycles. The molecular weight excluding hydrogens is 398 g/mol. The van der Waals surface area contributed by atoms with Crippen LogP contribution in [0.3, 0.4) is 0 Å². The number of allylic oxidation sites excluding steroid dienone is 2. The maximum Gasteiger partial charge on any atom is 0.435 e. The van der Waals surface area contributed by atoms with Gasteiger partial charge >= 0.3 is 12.4 Å². The highest BCUT2D eigenvalue weighted by molar-refractivity contribution is 5.57. The number of hydrogen-bond donors (Lipinski definition) is 0. The van der Waals surface area contributed by atoms with Crippen LogP contribution in [-0.2, 0) is 12.4 Å². The highest BCUT2D eigenvalue weighted by Gasteiger charge is 2.41. The summed E-state index contributed by atoms with van der Waals surface area (Å²) in [6, 6.07) is 3.28. The molecule has 4 rings (SSSR count). The van der Waals surface area contributed by atoms with Crippen molar-refractivity contribution in [1.82, 2.24) is 14.4 Å². The van der Waals surface area contributed by atoms with Crippen molar-refractivity contribution >= 4 is 11.3 Å². The third-order valence-corrected chi connectivity index (χ3v) is 4.46. The molecule has 0 bridgehead atoms. The monoisotopic (exact) mass is 410 g/mol. The first-order valence-electron chi connectivity index (χ1n) is 8.36. The van der Waals surface area contributed by atoms with E-state index in [0.29, 0.717) is 5.69 Å². The van der Waals surface area contributed by atoms with Crippen molar-refractivity contribution in [1.29, 1.82) is 0 Å². The van der Waals surface area contributed by atoms with Crippen molar-refractivity contribution in [2.24, 2.45) is 0 Å². The molecule has 0 saturated carbocycles. The number of alkyl halides is 6. The smallest absolute Gasteiger partial charge is 0.335 e. The van der Waals surface area contributed by atoms with Gasteiger partial charge in [-0.1, -0.05) is 12.2 Å². The van der Waals surface area contributed by atoms with Crippen LogP contribution in [0.1, 0.15) is 23.0 Å². The number of benzene rings is 1. The summed E-state index contributed by atoms with van der Waals surface area (Å²) in [4.78, 5) is 8.93. The van der Waals surface area contributed by atoms with Crippen molar-refractivity contribution in [3.8, 4) is 0 Å². The van der Waals surface area contributed by atoms with Gasteiger partial charge < -0.3 is 4.90 Å². The highest BCUT2D eigenvalue weighted by Crippen LogP contribution is 2.40. The van der Waals surface area contributed by atoms with E-state index in [9.17, 15) is 26.3 Å². The topological polar surface area (TPSA) is 33.4 Å². The molecule has 0 N–H and O–H groups in total. The van der Waals surface area contributed by atoms with Crippen molar-refractivity contribution in [2.45, 2.75) is 18.4 Å². The second-order valence-corrected chi connectivity index (χ2v) is 6.27. The maximum absolute atomic E-state index is 13.7. The Kier molecular flexibility index (Phi) is 4.36. The van der Waals surface area contributed by atoms with Gasteiger partial charge in [-0.15, -0.1) is 0 Å². The van der Waals surface area contributed by atoms with Crippen molar-refractivity contribution in [2.75, 3.05) is 4.90 Å². The minimum Gasteiger partial charge on any atom is -0.335 e. The normalized spacial score (nSPS) is 17.3. The number of hydrogen-bond acceptors (Lipinski definition) is 3. The Balaban J connectivity index is 1.84. The molecule has 0 saturated heterocycles. The average molecular weight is 410 g/mol. The molecule has 1 aliphatic rings. The minimum absolute atomic E-state index is 0.0187. The quantitative estimate of drug-likeness (QED) is 0.531. The van der Waals surface area contributed by atoms with Gasteiger partial charge in [0, 0.05) is 24.3 Å². The fourth-order valence-electron chi connectivity index (χ4n) is 3.21. The Bertz CT molecular complexity index is 1090. The van der Waals surface area contributed by atoms with E-state index in [4.69, 9.17) is 0 Å². The van der Waals surface area contributed by atoms with Crippen LogP contribution in [0.25, 0.3) is 5.65 Å². The van der Waals surface area contributed by atoms with Crippen LogP contribution >= 0.6 is 0 Å². The second-order valence-electron chi connectivity index (χ2n) is 6.27. The van der Waals surface area contributed by atoms with Gasteiger partial charge in [-0.2, -0.15) is 26.3 Å². The number of aromatic nitrogens is 3. The Labute approximate surface area is 160 Å². The lowest BCUT2D eigenvalue weighted by atomic mass is 10.0. The van der Waals surface area contributed by atoms with Gasteiger partial charge in [0.25, 0.3) is 0 Å². The van der Waals surface area contributed by atoms with Gasteiger partial charge in [-0.3, -0.25) is 9.38 Å². The Morgan fingerprint density at radius 3 is 2.28 bits per heavy atom. The molecule has 1 aromatic carbocycles. The number of anilines is 1. The molecule has 1 aliphatic heterocycles. The van der Waals surface area contributed by atoms with Gasteiger partial charge in [-0.25, -0.2) is 4.98 Å². The molecule has 0 fully saturated rings. The fraction of sp³-hybridized carbons (Fsp3) is 0.158. The molecule has 0 radical (unpaired) electrons. The van der Waals surface area contributed by atoms with E-state index >= 15 is 0 Å². The van der Waals surface area contributed by atoms with E-state index in [1.165, 1.54) is 52.3 Å². The summed E-state index contributed by atoms with van der Waals surface area (Å²) >= 11 is 0. The van der Waals surface area contributed by atoms with Crippen LogP contribution in [0.5, 0.6) is 0 Å². The third-order valence-electron chi connectivity index (χ3n) is 4.46. The SMILES string of the molecule is FC(F)(F)c1ccc(N2C=CC=CC2c2c(C(F)(F)F)nc3cnccn23)cc1. The summed E-state index contributed by atoms with van der Waals surface area (Å²) in [7, 11) is 0. The number of fused-ring (bicyclic) bond motifs is 1. The molecule has 3 heterocycles. The summed E-state index contributed by atoms with van der Waals surface area (Å²) in [5, 5.41) is 0. The van der Waals surface area contributed by atoms with Gasteiger partial charge in [0.1, 0.15) is 0 Å². The molecule has 0 aliphatic carbocycles. The zero-order valence-corrected chi connectivity index (χ0v) is 14.5. The number of halogens is 6. The zero-order chi connectivity index (χ0) is 20.8. The fourth-order valence-corrected chi connectivity index (χ4v) is 3.21. The maximum atomic E-state index is 13.7. The largest absolute Gasteiger partial charge is 0.435 e.